The average molecular weight is 811 g/mol. The van der Waals surface area contributed by atoms with Gasteiger partial charge in [0.25, 0.3) is 0 Å². The number of hydrogen-bond acceptors (Lipinski definition) is 0. The number of halogens is 16. The summed E-state index contributed by atoms with van der Waals surface area (Å²) in [5.74, 6) is -3.84. The van der Waals surface area contributed by atoms with Crippen LogP contribution in [0.4, 0.5) is 0 Å². The third-order valence-corrected chi connectivity index (χ3v) is 18.7. The van der Waals surface area contributed by atoms with E-state index in [-0.39, 0.29) is 40.2 Å². The first kappa shape index (κ1) is 29.4. The summed E-state index contributed by atoms with van der Waals surface area (Å²) < 4.78 is -4.01. The van der Waals surface area contributed by atoms with Crippen molar-refractivity contribution in [3.05, 3.63) is 51.3 Å². The van der Waals surface area contributed by atoms with Crippen LogP contribution in [0.2, 0.25) is 20.1 Å². The van der Waals surface area contributed by atoms with Gasteiger partial charge in [-0.3, -0.25) is 0 Å². The van der Waals surface area contributed by atoms with E-state index < -0.39 is 51.8 Å². The molecule has 5 aliphatic carbocycles. The molecule has 4 bridgehead atoms. The number of fused-ring (bicyclic) bond motifs is 14. The first-order chi connectivity index (χ1) is 16.3. The lowest BCUT2D eigenvalue weighted by Gasteiger charge is -2.53. The maximum absolute atomic E-state index is 7.28. The second-order valence-corrected chi connectivity index (χ2v) is 17.4. The van der Waals surface area contributed by atoms with E-state index in [0.717, 1.165) is 0 Å². The monoisotopic (exact) mass is 804 g/mol. The average Bonchev–Trinajstić information content (AvgIpc) is 3.15. The molecule has 16 heteroatoms. The molecular weight excluding hydrogens is 807 g/mol. The Balaban J connectivity index is 1.86. The van der Waals surface area contributed by atoms with Crippen molar-refractivity contribution >= 4 is 186 Å². The van der Waals surface area contributed by atoms with Gasteiger partial charge < -0.3 is 0 Å². The molecule has 0 aromatic heterocycles. The van der Waals surface area contributed by atoms with Crippen LogP contribution in [0, 0.1) is 11.8 Å². The van der Waals surface area contributed by atoms with Gasteiger partial charge in [0, 0.05) is 23.7 Å². The molecule has 0 heterocycles. The molecule has 0 aliphatic heterocycles. The van der Waals surface area contributed by atoms with Gasteiger partial charge in [-0.1, -0.05) is 139 Å². The molecule has 5 aliphatic rings. The van der Waals surface area contributed by atoms with Gasteiger partial charge in [-0.15, -0.1) is 46.4 Å². The van der Waals surface area contributed by atoms with Gasteiger partial charge >= 0.3 is 0 Å². The standard InChI is InChI=1S/C20H4Cl16/c21-7-1-2(8(22)10(24)9(7)23)4-6(18(32)14(28)12(26)16(4,30)20(18,35)36)5-3(1)15(29)11(25)13(27)17(5,31)19(15,33)34/h3-6H/t3-,4+,5+,6-,15-,16+,17-,18+. The molecule has 2 saturated carbocycles. The molecule has 1 aromatic carbocycles. The maximum Gasteiger partial charge on any atom is 0.167 e. The summed E-state index contributed by atoms with van der Waals surface area (Å²) in [7, 11) is 0. The van der Waals surface area contributed by atoms with Crippen LogP contribution in [0.5, 0.6) is 0 Å². The Bertz CT molecular complexity index is 1280. The molecule has 0 nitrogen and oxygen atoms in total. The molecule has 1 aromatic rings. The Morgan fingerprint density at radius 3 is 0.889 bits per heavy atom. The highest BCUT2D eigenvalue weighted by atomic mass is 35.5. The van der Waals surface area contributed by atoms with E-state index in [1.54, 1.807) is 0 Å². The van der Waals surface area contributed by atoms with Crippen LogP contribution in [0.1, 0.15) is 23.0 Å². The van der Waals surface area contributed by atoms with Gasteiger partial charge in [0.15, 0.2) is 8.67 Å². The van der Waals surface area contributed by atoms with Crippen LogP contribution in [0.25, 0.3) is 0 Å². The Kier molecular flexibility index (Phi) is 6.60. The number of rotatable bonds is 0. The van der Waals surface area contributed by atoms with Crippen LogP contribution in [-0.4, -0.2) is 28.2 Å². The number of hydrogen-bond donors (Lipinski definition) is 0. The molecule has 2 fully saturated rings. The van der Waals surface area contributed by atoms with E-state index in [2.05, 4.69) is 0 Å². The van der Waals surface area contributed by atoms with Crippen molar-refractivity contribution in [2.75, 3.05) is 0 Å². The number of benzene rings is 1. The lowest BCUT2D eigenvalue weighted by atomic mass is 9.57. The Labute approximate surface area is 285 Å². The van der Waals surface area contributed by atoms with Gasteiger partial charge in [-0.05, 0) is 11.1 Å². The minimum Gasteiger partial charge on any atom is -0.109 e. The lowest BCUT2D eigenvalue weighted by Crippen LogP contribution is -2.53. The first-order valence-corrected chi connectivity index (χ1v) is 15.8. The van der Waals surface area contributed by atoms with Crippen molar-refractivity contribution in [2.45, 2.75) is 40.0 Å². The highest BCUT2D eigenvalue weighted by Crippen LogP contribution is 2.89. The predicted octanol–water partition coefficient (Wildman–Crippen LogP) is 12.4. The smallest absolute Gasteiger partial charge is 0.109 e. The molecule has 8 atom stereocenters. The summed E-state index contributed by atoms with van der Waals surface area (Å²) in [4.78, 5) is -7.28. The van der Waals surface area contributed by atoms with E-state index in [1.165, 1.54) is 0 Å². The zero-order valence-corrected chi connectivity index (χ0v) is 28.5. The number of allylic oxidation sites excluding steroid dienone is 4. The van der Waals surface area contributed by atoms with Gasteiger partial charge in [0.05, 0.1) is 40.2 Å². The number of alkyl halides is 8. The summed E-state index contributed by atoms with van der Waals surface area (Å²) in [6, 6.07) is 0. The van der Waals surface area contributed by atoms with Crippen LogP contribution in [0.3, 0.4) is 0 Å². The van der Waals surface area contributed by atoms with E-state index in [0.29, 0.717) is 11.1 Å². The van der Waals surface area contributed by atoms with Crippen molar-refractivity contribution in [1.29, 1.82) is 0 Å². The normalized spacial score (nSPS) is 47.0. The second kappa shape index (κ2) is 8.08. The fourth-order valence-corrected chi connectivity index (χ4v) is 14.2. The molecule has 0 radical (unpaired) electrons. The molecule has 0 amide bonds. The highest BCUT2D eigenvalue weighted by Gasteiger charge is 2.92. The quantitative estimate of drug-likeness (QED) is 0.139. The summed E-state index contributed by atoms with van der Waals surface area (Å²) in [5, 5.41) is -0.425. The SMILES string of the molecule is ClC1=C(Cl)[C@@]2(Cl)[C@H]3c4c(Cl)c(Cl)c(Cl)c(Cl)c4[C@@H]4[C@@H]([C@@H]3[C@@]1(Cl)C2(Cl)Cl)[C@@]1(Cl)C(Cl)=C(Cl)[C@@]4(Cl)C1(Cl)Cl. The lowest BCUT2D eigenvalue weighted by molar-refractivity contribution is 0.201. The largest absolute Gasteiger partial charge is 0.167 e. The molecule has 6 rings (SSSR count). The van der Waals surface area contributed by atoms with E-state index >= 15 is 0 Å². The zero-order valence-electron chi connectivity index (χ0n) is 16.4. The van der Waals surface area contributed by atoms with Crippen molar-refractivity contribution in [2.24, 2.45) is 11.8 Å². The molecule has 0 N–H and O–H groups in total. The Morgan fingerprint density at radius 1 is 0.361 bits per heavy atom. The Morgan fingerprint density at radius 2 is 0.611 bits per heavy atom. The predicted molar refractivity (Wildman–Crippen MR) is 160 cm³/mol. The van der Waals surface area contributed by atoms with Crippen LogP contribution in [-0.2, 0) is 0 Å². The van der Waals surface area contributed by atoms with E-state index in [1.807, 2.05) is 0 Å². The summed E-state index contributed by atoms with van der Waals surface area (Å²) in [6.07, 6.45) is 0. The third-order valence-electron chi connectivity index (χ3n) is 8.34. The van der Waals surface area contributed by atoms with E-state index in [4.69, 9.17) is 186 Å². The van der Waals surface area contributed by atoms with Gasteiger partial charge in [-0.2, -0.15) is 0 Å². The van der Waals surface area contributed by atoms with Gasteiger partial charge in [0.1, 0.15) is 19.5 Å². The molecule has 196 valence electrons. The molecule has 0 saturated heterocycles. The summed E-state index contributed by atoms with van der Waals surface area (Å²) >= 11 is 110. The second-order valence-electron chi connectivity index (χ2n) is 9.34. The topological polar surface area (TPSA) is 0 Å². The minimum absolute atomic E-state index is 0.000290. The third kappa shape index (κ3) is 2.54. The van der Waals surface area contributed by atoms with Crippen molar-refractivity contribution in [3.8, 4) is 0 Å². The first-order valence-electron chi connectivity index (χ1n) is 9.76. The molecule has 0 unspecified atom stereocenters. The summed E-state index contributed by atoms with van der Waals surface area (Å²) in [6.45, 7) is 0. The Hall–Kier alpha value is 3.34. The van der Waals surface area contributed by atoms with Crippen molar-refractivity contribution in [1.82, 2.24) is 0 Å². The fourth-order valence-electron chi connectivity index (χ4n) is 6.99. The van der Waals surface area contributed by atoms with Crippen molar-refractivity contribution in [3.63, 3.8) is 0 Å². The zero-order chi connectivity index (χ0) is 27.1. The summed E-state index contributed by atoms with van der Waals surface area (Å²) in [5.41, 5.74) is 0.593. The minimum atomic E-state index is -2.00. The van der Waals surface area contributed by atoms with Gasteiger partial charge in [0.2, 0.25) is 0 Å². The van der Waals surface area contributed by atoms with Crippen molar-refractivity contribution < 1.29 is 0 Å². The maximum atomic E-state index is 7.28. The molecular formula is C20H4Cl16. The van der Waals surface area contributed by atoms with Crippen LogP contribution in [0.15, 0.2) is 20.1 Å². The fraction of sp³-hybridized carbons (Fsp3) is 0.500. The molecule has 36 heavy (non-hydrogen) atoms. The molecule has 0 spiro atoms. The van der Waals surface area contributed by atoms with E-state index in [9.17, 15) is 0 Å². The van der Waals surface area contributed by atoms with Crippen LogP contribution < -0.4 is 0 Å². The van der Waals surface area contributed by atoms with Crippen LogP contribution >= 0.6 is 186 Å². The highest BCUT2D eigenvalue weighted by molar-refractivity contribution is 6.68. The van der Waals surface area contributed by atoms with Gasteiger partial charge in [-0.25, -0.2) is 0 Å².